The third-order valence-corrected chi connectivity index (χ3v) is 2.77. The molecule has 1 aromatic carbocycles. The molecule has 94 valence electrons. The Labute approximate surface area is 108 Å². The van der Waals surface area contributed by atoms with E-state index in [4.69, 9.17) is 22.1 Å². The Kier molecular flexibility index (Phi) is 3.20. The van der Waals surface area contributed by atoms with Gasteiger partial charge >= 0.3 is 5.97 Å². The predicted molar refractivity (Wildman–Crippen MR) is 69.7 cm³/mol. The number of carbonyl (C=O) groups is 1. The summed E-state index contributed by atoms with van der Waals surface area (Å²) in [6.07, 6.45) is 0. The van der Waals surface area contributed by atoms with Gasteiger partial charge in [-0.05, 0) is 31.3 Å². The van der Waals surface area contributed by atoms with E-state index in [1.165, 1.54) is 7.11 Å². The quantitative estimate of drug-likeness (QED) is 0.745. The summed E-state index contributed by atoms with van der Waals surface area (Å²) in [5, 5.41) is 9.13. The summed E-state index contributed by atoms with van der Waals surface area (Å²) >= 11 is 4.94. The van der Waals surface area contributed by atoms with Crippen LogP contribution in [0.3, 0.4) is 0 Å². The van der Waals surface area contributed by atoms with Crippen LogP contribution in [0.2, 0.25) is 0 Å². The number of methoxy groups -OCH3 is 1. The minimum atomic E-state index is -1.07. The number of hydrogen-bond acceptors (Lipinski definition) is 3. The van der Waals surface area contributed by atoms with Gasteiger partial charge in [-0.25, -0.2) is 4.79 Å². The van der Waals surface area contributed by atoms with Gasteiger partial charge in [0, 0.05) is 5.56 Å². The van der Waals surface area contributed by atoms with E-state index in [2.05, 4.69) is 9.97 Å². The highest BCUT2D eigenvalue weighted by Gasteiger charge is 2.17. The lowest BCUT2D eigenvalue weighted by Crippen LogP contribution is -2.00. The van der Waals surface area contributed by atoms with E-state index in [0.29, 0.717) is 17.0 Å². The zero-order chi connectivity index (χ0) is 13.3. The topological polar surface area (TPSA) is 78.1 Å². The lowest BCUT2D eigenvalue weighted by Gasteiger charge is -2.08. The first-order chi connectivity index (χ1) is 8.52. The van der Waals surface area contributed by atoms with Gasteiger partial charge in [0.1, 0.15) is 5.75 Å². The Bertz CT molecular complexity index is 658. The number of aromatic carboxylic acids is 1. The number of nitrogens with one attached hydrogen (secondary N) is 2. The Morgan fingerprint density at radius 3 is 2.72 bits per heavy atom. The van der Waals surface area contributed by atoms with Gasteiger partial charge in [-0.2, -0.15) is 0 Å². The highest BCUT2D eigenvalue weighted by molar-refractivity contribution is 7.71. The lowest BCUT2D eigenvalue weighted by atomic mass is 10.1. The van der Waals surface area contributed by atoms with Crippen LogP contribution in [0.5, 0.6) is 5.75 Å². The van der Waals surface area contributed by atoms with Gasteiger partial charge in [0.25, 0.3) is 0 Å². The number of aromatic nitrogens is 2. The van der Waals surface area contributed by atoms with Gasteiger partial charge in [0.05, 0.1) is 12.8 Å². The summed E-state index contributed by atoms with van der Waals surface area (Å²) in [6, 6.07) is 5.53. The number of aromatic amines is 2. The molecule has 0 amide bonds. The SMILES string of the molecule is COc1ccc(C)cc1-c1[nH]c(=S)[nH]c1C(=O)O. The van der Waals surface area contributed by atoms with Crippen molar-refractivity contribution in [2.75, 3.05) is 7.11 Å². The number of rotatable bonds is 3. The molecule has 6 heteroatoms. The van der Waals surface area contributed by atoms with Crippen LogP contribution in [-0.4, -0.2) is 28.2 Å². The number of carboxylic acid groups (broad SMARTS) is 1. The lowest BCUT2D eigenvalue weighted by molar-refractivity contribution is 0.0692. The van der Waals surface area contributed by atoms with Crippen LogP contribution in [0.25, 0.3) is 11.3 Å². The molecule has 0 fully saturated rings. The van der Waals surface area contributed by atoms with E-state index in [0.717, 1.165) is 5.56 Å². The van der Waals surface area contributed by atoms with E-state index < -0.39 is 5.97 Å². The molecular formula is C12H12N2O3S. The van der Waals surface area contributed by atoms with E-state index >= 15 is 0 Å². The molecule has 0 bridgehead atoms. The van der Waals surface area contributed by atoms with Crippen LogP contribution >= 0.6 is 12.2 Å². The van der Waals surface area contributed by atoms with Crippen molar-refractivity contribution in [1.82, 2.24) is 9.97 Å². The molecule has 2 rings (SSSR count). The van der Waals surface area contributed by atoms with Gasteiger partial charge in [0.2, 0.25) is 0 Å². The first-order valence-corrected chi connectivity index (χ1v) is 5.64. The van der Waals surface area contributed by atoms with Crippen LogP contribution in [0, 0.1) is 11.7 Å². The number of hydrogen-bond donors (Lipinski definition) is 3. The van der Waals surface area contributed by atoms with Gasteiger partial charge < -0.3 is 19.8 Å². The summed E-state index contributed by atoms with van der Waals surface area (Å²) in [6.45, 7) is 1.92. The van der Waals surface area contributed by atoms with Gasteiger partial charge in [0.15, 0.2) is 10.5 Å². The molecule has 0 saturated heterocycles. The Hall–Kier alpha value is -2.08. The normalized spacial score (nSPS) is 10.3. The van der Waals surface area contributed by atoms with E-state index in [1.54, 1.807) is 6.07 Å². The van der Waals surface area contributed by atoms with Gasteiger partial charge in [-0.3, -0.25) is 0 Å². The van der Waals surface area contributed by atoms with Crippen molar-refractivity contribution in [2.24, 2.45) is 0 Å². The van der Waals surface area contributed by atoms with E-state index in [-0.39, 0.29) is 10.5 Å². The van der Waals surface area contributed by atoms with Crippen molar-refractivity contribution in [1.29, 1.82) is 0 Å². The molecule has 2 aromatic rings. The molecule has 0 atom stereocenters. The number of H-pyrrole nitrogens is 2. The summed E-state index contributed by atoms with van der Waals surface area (Å²) in [5.74, 6) is -0.478. The average Bonchev–Trinajstić information content (AvgIpc) is 2.71. The molecule has 0 aliphatic carbocycles. The zero-order valence-electron chi connectivity index (χ0n) is 9.90. The molecule has 1 heterocycles. The first-order valence-electron chi connectivity index (χ1n) is 5.23. The van der Waals surface area contributed by atoms with Crippen molar-refractivity contribution in [3.63, 3.8) is 0 Å². The van der Waals surface area contributed by atoms with Crippen LogP contribution in [-0.2, 0) is 0 Å². The minimum absolute atomic E-state index is 0.0314. The molecule has 0 radical (unpaired) electrons. The molecule has 0 aliphatic rings. The van der Waals surface area contributed by atoms with Crippen LogP contribution in [0.4, 0.5) is 0 Å². The molecule has 3 N–H and O–H groups in total. The molecule has 18 heavy (non-hydrogen) atoms. The van der Waals surface area contributed by atoms with Crippen LogP contribution in [0.1, 0.15) is 16.1 Å². The third-order valence-electron chi connectivity index (χ3n) is 2.57. The standard InChI is InChI=1S/C12H12N2O3S/c1-6-3-4-8(17-2)7(5-6)9-10(11(15)16)14-12(18)13-9/h3-5H,1-2H3,(H,15,16)(H2,13,14,18). The molecule has 5 nitrogen and oxygen atoms in total. The maximum atomic E-state index is 11.2. The Balaban J connectivity index is 2.71. The second kappa shape index (κ2) is 4.66. The fraction of sp³-hybridized carbons (Fsp3) is 0.167. The Morgan fingerprint density at radius 2 is 2.11 bits per heavy atom. The second-order valence-corrected chi connectivity index (χ2v) is 4.25. The highest BCUT2D eigenvalue weighted by atomic mass is 32.1. The molecule has 0 aliphatic heterocycles. The van der Waals surface area contributed by atoms with Crippen molar-refractivity contribution in [2.45, 2.75) is 6.92 Å². The fourth-order valence-corrected chi connectivity index (χ4v) is 1.97. The molecular weight excluding hydrogens is 252 g/mol. The van der Waals surface area contributed by atoms with Gasteiger partial charge in [-0.1, -0.05) is 11.6 Å². The monoisotopic (exact) mass is 264 g/mol. The van der Waals surface area contributed by atoms with Crippen molar-refractivity contribution in [3.05, 3.63) is 34.2 Å². The molecule has 0 spiro atoms. The Morgan fingerprint density at radius 1 is 1.39 bits per heavy atom. The molecule has 0 unspecified atom stereocenters. The fourth-order valence-electron chi connectivity index (χ4n) is 1.76. The van der Waals surface area contributed by atoms with Crippen LogP contribution in [0.15, 0.2) is 18.2 Å². The van der Waals surface area contributed by atoms with Gasteiger partial charge in [-0.15, -0.1) is 0 Å². The number of ether oxygens (including phenoxy) is 1. The van der Waals surface area contributed by atoms with Crippen molar-refractivity contribution in [3.8, 4) is 17.0 Å². The number of aryl methyl sites for hydroxylation is 1. The van der Waals surface area contributed by atoms with E-state index in [9.17, 15) is 4.79 Å². The number of carboxylic acids is 1. The summed E-state index contributed by atoms with van der Waals surface area (Å²) in [5.41, 5.74) is 2.13. The smallest absolute Gasteiger partial charge is 0.354 e. The highest BCUT2D eigenvalue weighted by Crippen LogP contribution is 2.31. The zero-order valence-corrected chi connectivity index (χ0v) is 10.7. The maximum Gasteiger partial charge on any atom is 0.354 e. The maximum absolute atomic E-state index is 11.2. The summed E-state index contributed by atoms with van der Waals surface area (Å²) in [4.78, 5) is 16.6. The van der Waals surface area contributed by atoms with Crippen molar-refractivity contribution < 1.29 is 14.6 Å². The van der Waals surface area contributed by atoms with E-state index in [1.807, 2.05) is 19.1 Å². The molecule has 1 aromatic heterocycles. The van der Waals surface area contributed by atoms with Crippen LogP contribution < -0.4 is 4.74 Å². The summed E-state index contributed by atoms with van der Waals surface area (Å²) in [7, 11) is 1.54. The second-order valence-electron chi connectivity index (χ2n) is 3.84. The average molecular weight is 264 g/mol. The van der Waals surface area contributed by atoms with Crippen molar-refractivity contribution >= 4 is 18.2 Å². The largest absolute Gasteiger partial charge is 0.496 e. The third kappa shape index (κ3) is 2.14. The number of imidazole rings is 1. The molecule has 0 saturated carbocycles. The first kappa shape index (κ1) is 12.4. The predicted octanol–water partition coefficient (Wildman–Crippen LogP) is 2.75. The summed E-state index contributed by atoms with van der Waals surface area (Å²) < 4.78 is 5.51. The number of benzene rings is 1. The minimum Gasteiger partial charge on any atom is -0.496 e.